The minimum Gasteiger partial charge on any atom is -0.489 e. The van der Waals surface area contributed by atoms with E-state index < -0.39 is 0 Å². The van der Waals surface area contributed by atoms with Crippen molar-refractivity contribution >= 4 is 17.8 Å². The van der Waals surface area contributed by atoms with Gasteiger partial charge in [0.15, 0.2) is 11.5 Å². The van der Waals surface area contributed by atoms with Crippen LogP contribution < -0.4 is 25.0 Å². The van der Waals surface area contributed by atoms with Crippen LogP contribution in [0.2, 0.25) is 0 Å². The zero-order chi connectivity index (χ0) is 20.6. The molecule has 0 aliphatic carbocycles. The average Bonchev–Trinajstić information content (AvgIpc) is 3.26. The molecule has 1 heterocycles. The third-order valence-electron chi connectivity index (χ3n) is 4.36. The first kappa shape index (κ1) is 19.3. The lowest BCUT2D eigenvalue weighted by Crippen LogP contribution is -2.25. The fourth-order valence-corrected chi connectivity index (χ4v) is 2.80. The molecule has 0 saturated carbocycles. The van der Waals surface area contributed by atoms with E-state index in [4.69, 9.17) is 14.2 Å². The Morgan fingerprint density at radius 2 is 1.80 bits per heavy atom. The molecule has 0 unspecified atom stereocenters. The van der Waals surface area contributed by atoms with Crippen LogP contribution in [0, 0.1) is 0 Å². The molecule has 0 saturated heterocycles. The summed E-state index contributed by atoms with van der Waals surface area (Å²) >= 11 is 0. The van der Waals surface area contributed by atoms with E-state index >= 15 is 0 Å². The lowest BCUT2D eigenvalue weighted by atomic mass is 10.2. The van der Waals surface area contributed by atoms with E-state index in [-0.39, 0.29) is 19.2 Å². The van der Waals surface area contributed by atoms with Crippen molar-refractivity contribution in [3.63, 3.8) is 0 Å². The van der Waals surface area contributed by atoms with Crippen LogP contribution in [0.5, 0.6) is 17.2 Å². The summed E-state index contributed by atoms with van der Waals surface area (Å²) in [6.07, 6.45) is 1.58. The summed E-state index contributed by atoms with van der Waals surface area (Å²) in [7, 11) is 0. The van der Waals surface area contributed by atoms with Crippen molar-refractivity contribution in [2.75, 3.05) is 18.7 Å². The van der Waals surface area contributed by atoms with Crippen molar-refractivity contribution in [2.24, 2.45) is 5.10 Å². The van der Waals surface area contributed by atoms with Crippen LogP contribution in [0.1, 0.15) is 11.1 Å². The van der Waals surface area contributed by atoms with Crippen LogP contribution in [0.4, 0.5) is 5.69 Å². The van der Waals surface area contributed by atoms with Crippen LogP contribution in [-0.2, 0) is 11.4 Å². The van der Waals surface area contributed by atoms with Gasteiger partial charge in [-0.05, 0) is 47.5 Å². The number of hydrogen-bond acceptors (Lipinski definition) is 6. The Labute approximate surface area is 174 Å². The number of fused-ring (bicyclic) bond motifs is 1. The molecule has 3 aromatic carbocycles. The Hall–Kier alpha value is -4.00. The number of carbonyl (C=O) groups excluding carboxylic acids is 1. The second-order valence-corrected chi connectivity index (χ2v) is 6.56. The zero-order valence-electron chi connectivity index (χ0n) is 16.2. The Kier molecular flexibility index (Phi) is 6.10. The van der Waals surface area contributed by atoms with Crippen LogP contribution in [0.15, 0.2) is 77.9 Å². The largest absolute Gasteiger partial charge is 0.489 e. The predicted molar refractivity (Wildman–Crippen MR) is 114 cm³/mol. The number of amides is 1. The molecule has 30 heavy (non-hydrogen) atoms. The minimum atomic E-state index is -0.258. The van der Waals surface area contributed by atoms with E-state index in [1.807, 2.05) is 60.7 Å². The van der Waals surface area contributed by atoms with Crippen molar-refractivity contribution in [2.45, 2.75) is 6.61 Å². The first-order chi connectivity index (χ1) is 14.8. The van der Waals surface area contributed by atoms with Gasteiger partial charge >= 0.3 is 0 Å². The number of anilines is 1. The molecular weight excluding hydrogens is 382 g/mol. The van der Waals surface area contributed by atoms with Crippen molar-refractivity contribution in [3.05, 3.63) is 83.9 Å². The van der Waals surface area contributed by atoms with Gasteiger partial charge in [0, 0.05) is 11.8 Å². The third kappa shape index (κ3) is 5.29. The molecule has 4 rings (SSSR count). The Morgan fingerprint density at radius 3 is 2.63 bits per heavy atom. The van der Waals surface area contributed by atoms with Crippen molar-refractivity contribution in [3.8, 4) is 17.2 Å². The van der Waals surface area contributed by atoms with Gasteiger partial charge in [-0.3, -0.25) is 4.79 Å². The smallest absolute Gasteiger partial charge is 0.259 e. The highest BCUT2D eigenvalue weighted by atomic mass is 16.7. The monoisotopic (exact) mass is 403 g/mol. The highest BCUT2D eigenvalue weighted by molar-refractivity contribution is 5.84. The minimum absolute atomic E-state index is 0.0866. The molecule has 152 valence electrons. The maximum atomic E-state index is 12.0. The van der Waals surface area contributed by atoms with E-state index in [1.54, 1.807) is 18.3 Å². The topological polar surface area (TPSA) is 81.2 Å². The standard InChI is InChI=1S/C23H21N3O4/c27-23(14-24-19-8-11-21-22(12-19)30-16-29-21)26-25-13-17-6-9-20(10-7-17)28-15-18-4-2-1-3-5-18/h1-13,24H,14-16H2,(H,26,27)/b25-13-. The maximum Gasteiger partial charge on any atom is 0.259 e. The molecule has 7 heteroatoms. The molecule has 0 atom stereocenters. The summed E-state index contributed by atoms with van der Waals surface area (Å²) in [5.74, 6) is 1.88. The number of ether oxygens (including phenoxy) is 3. The van der Waals surface area contributed by atoms with Gasteiger partial charge in [0.05, 0.1) is 12.8 Å². The zero-order valence-corrected chi connectivity index (χ0v) is 16.2. The molecule has 7 nitrogen and oxygen atoms in total. The van der Waals surface area contributed by atoms with Gasteiger partial charge in [-0.15, -0.1) is 0 Å². The van der Waals surface area contributed by atoms with Crippen molar-refractivity contribution in [1.82, 2.24) is 5.43 Å². The van der Waals surface area contributed by atoms with Crippen molar-refractivity contribution in [1.29, 1.82) is 0 Å². The SMILES string of the molecule is O=C(CNc1ccc2c(c1)OCO2)N/N=C\c1ccc(OCc2ccccc2)cc1. The number of rotatable bonds is 8. The fourth-order valence-electron chi connectivity index (χ4n) is 2.80. The van der Waals surface area contributed by atoms with Crippen LogP contribution in [0.25, 0.3) is 0 Å². The lowest BCUT2D eigenvalue weighted by molar-refractivity contribution is -0.119. The molecule has 1 aliphatic heterocycles. The van der Waals surface area contributed by atoms with Crippen LogP contribution in [0.3, 0.4) is 0 Å². The van der Waals surface area contributed by atoms with Crippen molar-refractivity contribution < 1.29 is 19.0 Å². The molecule has 1 aliphatic rings. The average molecular weight is 403 g/mol. The summed E-state index contributed by atoms with van der Waals surface area (Å²) in [6, 6.07) is 22.9. The Balaban J connectivity index is 1.20. The summed E-state index contributed by atoms with van der Waals surface area (Å²) in [5, 5.41) is 7.00. The highest BCUT2D eigenvalue weighted by Gasteiger charge is 2.13. The van der Waals surface area contributed by atoms with E-state index in [9.17, 15) is 4.79 Å². The second-order valence-electron chi connectivity index (χ2n) is 6.56. The van der Waals surface area contributed by atoms with E-state index in [2.05, 4.69) is 15.8 Å². The van der Waals surface area contributed by atoms with E-state index in [1.165, 1.54) is 0 Å². The summed E-state index contributed by atoms with van der Waals surface area (Å²) in [5.41, 5.74) is 5.23. The number of carbonyl (C=O) groups is 1. The van der Waals surface area contributed by atoms with E-state index in [0.29, 0.717) is 18.1 Å². The number of benzene rings is 3. The third-order valence-corrected chi connectivity index (χ3v) is 4.36. The molecule has 1 amide bonds. The molecule has 0 spiro atoms. The lowest BCUT2D eigenvalue weighted by Gasteiger charge is -2.07. The number of nitrogens with one attached hydrogen (secondary N) is 2. The van der Waals surface area contributed by atoms with Gasteiger partial charge in [-0.25, -0.2) is 5.43 Å². The number of hydrogen-bond donors (Lipinski definition) is 2. The molecule has 0 bridgehead atoms. The second kappa shape index (κ2) is 9.47. The Morgan fingerprint density at radius 1 is 1.00 bits per heavy atom. The number of hydrazone groups is 1. The van der Waals surface area contributed by atoms with Gasteiger partial charge in [0.1, 0.15) is 12.4 Å². The highest BCUT2D eigenvalue weighted by Crippen LogP contribution is 2.34. The summed E-state index contributed by atoms with van der Waals surface area (Å²) in [6.45, 7) is 0.818. The molecule has 0 radical (unpaired) electrons. The van der Waals surface area contributed by atoms with Gasteiger partial charge in [0.2, 0.25) is 6.79 Å². The van der Waals surface area contributed by atoms with E-state index in [0.717, 1.165) is 22.6 Å². The first-order valence-corrected chi connectivity index (χ1v) is 9.48. The van der Waals surface area contributed by atoms with Gasteiger partial charge in [-0.2, -0.15) is 5.10 Å². The summed E-state index contributed by atoms with van der Waals surface area (Å²) in [4.78, 5) is 12.0. The van der Waals surface area contributed by atoms with Gasteiger partial charge in [0.25, 0.3) is 5.91 Å². The molecule has 2 N–H and O–H groups in total. The molecule has 0 fully saturated rings. The summed E-state index contributed by atoms with van der Waals surface area (Å²) < 4.78 is 16.3. The van der Waals surface area contributed by atoms with Gasteiger partial charge < -0.3 is 19.5 Å². The molecule has 3 aromatic rings. The predicted octanol–water partition coefficient (Wildman–Crippen LogP) is 3.56. The van der Waals surface area contributed by atoms with Crippen LogP contribution >= 0.6 is 0 Å². The molecular formula is C23H21N3O4. The fraction of sp³-hybridized carbons (Fsp3) is 0.130. The van der Waals surface area contributed by atoms with Crippen LogP contribution in [-0.4, -0.2) is 25.5 Å². The number of nitrogens with zero attached hydrogens (tertiary/aromatic N) is 1. The maximum absolute atomic E-state index is 12.0. The molecule has 0 aromatic heterocycles. The first-order valence-electron chi connectivity index (χ1n) is 9.48. The Bertz CT molecular complexity index is 1020. The normalized spacial score (nSPS) is 12.0. The van der Waals surface area contributed by atoms with Gasteiger partial charge in [-0.1, -0.05) is 30.3 Å². The quantitative estimate of drug-likeness (QED) is 0.444.